The Balaban J connectivity index is 2.04. The smallest absolute Gasteiger partial charge is 0.121 e. The molecule has 1 heterocycles. The number of nitrogens with two attached hydrogens (primary N) is 1. The number of imidazole rings is 1. The van der Waals surface area contributed by atoms with Gasteiger partial charge in [-0.15, -0.1) is 0 Å². The van der Waals surface area contributed by atoms with E-state index in [-0.39, 0.29) is 0 Å². The topological polar surface area (TPSA) is 53.1 Å². The van der Waals surface area contributed by atoms with E-state index in [1.807, 2.05) is 12.1 Å². The molecule has 0 radical (unpaired) electrons. The normalized spacial score (nSPS) is 23.1. The van der Waals surface area contributed by atoms with Crippen LogP contribution < -0.4 is 10.5 Å². The molecule has 108 valence electrons. The summed E-state index contributed by atoms with van der Waals surface area (Å²) in [6, 6.07) is 6.10. The van der Waals surface area contributed by atoms with Gasteiger partial charge < -0.3 is 15.0 Å². The number of aromatic nitrogens is 2. The molecule has 2 unspecified atom stereocenters. The van der Waals surface area contributed by atoms with Crippen LogP contribution in [0.3, 0.4) is 0 Å². The predicted octanol–water partition coefficient (Wildman–Crippen LogP) is 2.81. The van der Waals surface area contributed by atoms with E-state index in [0.717, 1.165) is 17.8 Å². The number of benzene rings is 1. The van der Waals surface area contributed by atoms with E-state index in [1.165, 1.54) is 37.0 Å². The van der Waals surface area contributed by atoms with Crippen molar-refractivity contribution in [3.05, 3.63) is 24.0 Å². The molecule has 3 rings (SSSR count). The second kappa shape index (κ2) is 5.44. The van der Waals surface area contributed by atoms with Crippen molar-refractivity contribution in [3.8, 4) is 5.75 Å². The fraction of sp³-hybridized carbons (Fsp3) is 0.562. The largest absolute Gasteiger partial charge is 0.497 e. The first-order chi connectivity index (χ1) is 9.74. The molecule has 2 N–H and O–H groups in total. The van der Waals surface area contributed by atoms with Crippen LogP contribution >= 0.6 is 0 Å². The average Bonchev–Trinajstić information content (AvgIpc) is 2.83. The van der Waals surface area contributed by atoms with Gasteiger partial charge in [-0.3, -0.25) is 0 Å². The van der Waals surface area contributed by atoms with Gasteiger partial charge in [-0.2, -0.15) is 0 Å². The van der Waals surface area contributed by atoms with E-state index in [0.29, 0.717) is 11.8 Å². The lowest BCUT2D eigenvalue weighted by Crippen LogP contribution is -2.27. The molecule has 1 saturated carbocycles. The van der Waals surface area contributed by atoms with Gasteiger partial charge >= 0.3 is 0 Å². The monoisotopic (exact) mass is 273 g/mol. The van der Waals surface area contributed by atoms with Crippen LogP contribution in [0.1, 0.15) is 37.4 Å². The highest BCUT2D eigenvalue weighted by Gasteiger charge is 2.29. The highest BCUT2D eigenvalue weighted by Crippen LogP contribution is 2.37. The van der Waals surface area contributed by atoms with E-state index in [1.54, 1.807) is 7.11 Å². The minimum atomic E-state index is 0.497. The van der Waals surface area contributed by atoms with E-state index < -0.39 is 0 Å². The zero-order valence-corrected chi connectivity index (χ0v) is 12.3. The van der Waals surface area contributed by atoms with Gasteiger partial charge in [0.25, 0.3) is 0 Å². The van der Waals surface area contributed by atoms with E-state index in [2.05, 4.69) is 17.7 Å². The highest BCUT2D eigenvalue weighted by atomic mass is 16.5. The van der Waals surface area contributed by atoms with Crippen LogP contribution in [0, 0.1) is 5.92 Å². The third-order valence-electron chi connectivity index (χ3n) is 4.67. The maximum Gasteiger partial charge on any atom is 0.121 e. The summed E-state index contributed by atoms with van der Waals surface area (Å²) in [5.74, 6) is 3.11. The Morgan fingerprint density at radius 1 is 1.35 bits per heavy atom. The molecule has 1 aliphatic carbocycles. The van der Waals surface area contributed by atoms with Crippen molar-refractivity contribution in [2.45, 2.75) is 31.6 Å². The van der Waals surface area contributed by atoms with Crippen molar-refractivity contribution in [2.75, 3.05) is 13.7 Å². The number of nitrogens with zero attached hydrogens (tertiary/aromatic N) is 2. The molecule has 2 aromatic rings. The van der Waals surface area contributed by atoms with Gasteiger partial charge in [-0.05, 0) is 37.4 Å². The van der Waals surface area contributed by atoms with Crippen LogP contribution in [0.25, 0.3) is 11.0 Å². The van der Waals surface area contributed by atoms with Crippen LogP contribution in [0.5, 0.6) is 5.75 Å². The van der Waals surface area contributed by atoms with E-state index >= 15 is 0 Å². The van der Waals surface area contributed by atoms with Crippen molar-refractivity contribution >= 4 is 11.0 Å². The van der Waals surface area contributed by atoms with E-state index in [9.17, 15) is 0 Å². The summed E-state index contributed by atoms with van der Waals surface area (Å²) in [6.45, 7) is 0.761. The molecule has 2 atom stereocenters. The SMILES string of the molecule is COc1ccc2c(c1)nc(C1CCCCC1CN)n2C. The fourth-order valence-electron chi connectivity index (χ4n) is 3.49. The summed E-state index contributed by atoms with van der Waals surface area (Å²) in [7, 11) is 3.80. The number of aryl methyl sites for hydroxylation is 1. The molecule has 20 heavy (non-hydrogen) atoms. The molecule has 0 amide bonds. The van der Waals surface area contributed by atoms with Crippen molar-refractivity contribution in [3.63, 3.8) is 0 Å². The van der Waals surface area contributed by atoms with Crippen molar-refractivity contribution in [1.29, 1.82) is 0 Å². The molecule has 4 nitrogen and oxygen atoms in total. The summed E-state index contributed by atoms with van der Waals surface area (Å²) >= 11 is 0. The predicted molar refractivity (Wildman–Crippen MR) is 81.0 cm³/mol. The van der Waals surface area contributed by atoms with E-state index in [4.69, 9.17) is 15.5 Å². The Labute approximate surface area is 119 Å². The van der Waals surface area contributed by atoms with Crippen LogP contribution in [-0.2, 0) is 7.05 Å². The molecule has 1 fully saturated rings. The molecule has 0 saturated heterocycles. The second-order valence-electron chi connectivity index (χ2n) is 5.77. The van der Waals surface area contributed by atoms with Gasteiger partial charge in [-0.1, -0.05) is 12.8 Å². The standard InChI is InChI=1S/C16H23N3O/c1-19-15-8-7-12(20-2)9-14(15)18-16(19)13-6-4-3-5-11(13)10-17/h7-9,11,13H,3-6,10,17H2,1-2H3. The van der Waals surface area contributed by atoms with Crippen LogP contribution in [0.2, 0.25) is 0 Å². The van der Waals surface area contributed by atoms with Gasteiger partial charge in [0.1, 0.15) is 11.6 Å². The first-order valence-electron chi connectivity index (χ1n) is 7.45. The lowest BCUT2D eigenvalue weighted by atomic mass is 9.79. The number of hydrogen-bond acceptors (Lipinski definition) is 3. The maximum absolute atomic E-state index is 5.96. The first-order valence-corrected chi connectivity index (χ1v) is 7.45. The minimum Gasteiger partial charge on any atom is -0.497 e. The third-order valence-corrected chi connectivity index (χ3v) is 4.67. The van der Waals surface area contributed by atoms with Gasteiger partial charge in [0, 0.05) is 19.0 Å². The average molecular weight is 273 g/mol. The highest BCUT2D eigenvalue weighted by molar-refractivity contribution is 5.77. The quantitative estimate of drug-likeness (QED) is 0.935. The fourth-order valence-corrected chi connectivity index (χ4v) is 3.49. The Morgan fingerprint density at radius 2 is 2.15 bits per heavy atom. The zero-order valence-electron chi connectivity index (χ0n) is 12.3. The summed E-state index contributed by atoms with van der Waals surface area (Å²) in [5, 5.41) is 0. The van der Waals surface area contributed by atoms with Gasteiger partial charge in [0.2, 0.25) is 0 Å². The molecule has 0 bridgehead atoms. The second-order valence-corrected chi connectivity index (χ2v) is 5.77. The molecular formula is C16H23N3O. The number of methoxy groups -OCH3 is 1. The van der Waals surface area contributed by atoms with Crippen LogP contribution in [0.4, 0.5) is 0 Å². The summed E-state index contributed by atoms with van der Waals surface area (Å²) < 4.78 is 7.52. The zero-order chi connectivity index (χ0) is 14.1. The van der Waals surface area contributed by atoms with Crippen molar-refractivity contribution in [1.82, 2.24) is 9.55 Å². The molecule has 1 aromatic carbocycles. The molecule has 0 aliphatic heterocycles. The maximum atomic E-state index is 5.96. The lowest BCUT2D eigenvalue weighted by molar-refractivity contribution is 0.301. The molecule has 1 aliphatic rings. The Kier molecular flexibility index (Phi) is 3.66. The lowest BCUT2D eigenvalue weighted by Gasteiger charge is -2.30. The Hall–Kier alpha value is -1.55. The third kappa shape index (κ3) is 2.18. The minimum absolute atomic E-state index is 0.497. The molecule has 1 aromatic heterocycles. The molecule has 0 spiro atoms. The first kappa shape index (κ1) is 13.4. The summed E-state index contributed by atoms with van der Waals surface area (Å²) in [6.07, 6.45) is 5.02. The van der Waals surface area contributed by atoms with Gasteiger partial charge in [-0.25, -0.2) is 4.98 Å². The number of hydrogen-bond donors (Lipinski definition) is 1. The van der Waals surface area contributed by atoms with Gasteiger partial charge in [0.15, 0.2) is 0 Å². The number of fused-ring (bicyclic) bond motifs is 1. The van der Waals surface area contributed by atoms with Crippen molar-refractivity contribution in [2.24, 2.45) is 18.7 Å². The van der Waals surface area contributed by atoms with Crippen LogP contribution in [-0.4, -0.2) is 23.2 Å². The van der Waals surface area contributed by atoms with Crippen molar-refractivity contribution < 1.29 is 4.74 Å². The summed E-state index contributed by atoms with van der Waals surface area (Å²) in [5.41, 5.74) is 8.15. The number of ether oxygens (including phenoxy) is 1. The Morgan fingerprint density at radius 3 is 2.90 bits per heavy atom. The Bertz CT molecular complexity index is 605. The summed E-state index contributed by atoms with van der Waals surface area (Å²) in [4.78, 5) is 4.87. The van der Waals surface area contributed by atoms with Gasteiger partial charge in [0.05, 0.1) is 18.1 Å². The van der Waals surface area contributed by atoms with Crippen LogP contribution in [0.15, 0.2) is 18.2 Å². The molecule has 4 heteroatoms. The molecular weight excluding hydrogens is 250 g/mol. The number of rotatable bonds is 3.